The van der Waals surface area contributed by atoms with Crippen LogP contribution in [-0.4, -0.2) is 21.8 Å². The highest BCUT2D eigenvalue weighted by atomic mass is 16.4. The van der Waals surface area contributed by atoms with E-state index in [4.69, 9.17) is 4.42 Å². The van der Waals surface area contributed by atoms with Gasteiger partial charge in [0, 0.05) is 5.56 Å². The lowest BCUT2D eigenvalue weighted by molar-refractivity contribution is -0.132. The number of hydrogen-bond donors (Lipinski definition) is 1. The molecule has 1 aliphatic rings. The Balaban J connectivity index is 1.63. The normalized spacial score (nSPS) is 19.1. The van der Waals surface area contributed by atoms with Crippen LogP contribution in [0, 0.1) is 6.92 Å². The number of hydrogen-bond acceptors (Lipinski definition) is 4. The highest BCUT2D eigenvalue weighted by Crippen LogP contribution is 2.33. The highest BCUT2D eigenvalue weighted by Gasteiger charge is 2.51. The van der Waals surface area contributed by atoms with E-state index in [1.807, 2.05) is 67.6 Å². The van der Waals surface area contributed by atoms with Crippen molar-refractivity contribution in [3.05, 3.63) is 77.7 Å². The van der Waals surface area contributed by atoms with Gasteiger partial charge in [-0.15, -0.1) is 0 Å². The molecule has 3 amide bonds. The third kappa shape index (κ3) is 2.87. The summed E-state index contributed by atoms with van der Waals surface area (Å²) in [6.45, 7) is 3.75. The number of rotatable bonds is 5. The Morgan fingerprint density at radius 1 is 1.04 bits per heavy atom. The van der Waals surface area contributed by atoms with E-state index in [0.717, 1.165) is 11.1 Å². The number of oxazole rings is 1. The van der Waals surface area contributed by atoms with Crippen molar-refractivity contribution in [2.24, 2.45) is 0 Å². The predicted molar refractivity (Wildman–Crippen MR) is 104 cm³/mol. The zero-order chi connectivity index (χ0) is 19.7. The maximum absolute atomic E-state index is 13.2. The number of imide groups is 1. The van der Waals surface area contributed by atoms with Crippen LogP contribution in [0.25, 0.3) is 11.5 Å². The zero-order valence-electron chi connectivity index (χ0n) is 15.8. The van der Waals surface area contributed by atoms with Gasteiger partial charge in [0.1, 0.15) is 17.0 Å². The van der Waals surface area contributed by atoms with Crippen molar-refractivity contribution in [3.63, 3.8) is 0 Å². The van der Waals surface area contributed by atoms with E-state index in [9.17, 15) is 9.59 Å². The van der Waals surface area contributed by atoms with Gasteiger partial charge in [0.15, 0.2) is 0 Å². The maximum Gasteiger partial charge on any atom is 0.325 e. The minimum absolute atomic E-state index is 0.0709. The molecule has 4 rings (SSSR count). The van der Waals surface area contributed by atoms with E-state index in [0.29, 0.717) is 23.8 Å². The number of aromatic nitrogens is 1. The lowest BCUT2D eigenvalue weighted by atomic mass is 9.87. The van der Waals surface area contributed by atoms with Gasteiger partial charge >= 0.3 is 6.03 Å². The van der Waals surface area contributed by atoms with Gasteiger partial charge in [0.25, 0.3) is 5.91 Å². The number of urea groups is 1. The quantitative estimate of drug-likeness (QED) is 0.684. The molecule has 1 fully saturated rings. The summed E-state index contributed by atoms with van der Waals surface area (Å²) in [5, 5.41) is 2.89. The molecule has 0 saturated carbocycles. The van der Waals surface area contributed by atoms with Gasteiger partial charge in [-0.3, -0.25) is 9.69 Å². The topological polar surface area (TPSA) is 75.4 Å². The summed E-state index contributed by atoms with van der Waals surface area (Å²) >= 11 is 0. The number of nitrogens with zero attached hydrogens (tertiary/aromatic N) is 2. The summed E-state index contributed by atoms with van der Waals surface area (Å²) in [5.74, 6) is 0.799. The molecule has 1 aliphatic heterocycles. The number of aryl methyl sites for hydroxylation is 1. The fourth-order valence-electron chi connectivity index (χ4n) is 3.56. The molecule has 0 bridgehead atoms. The van der Waals surface area contributed by atoms with Crippen molar-refractivity contribution in [2.45, 2.75) is 32.4 Å². The van der Waals surface area contributed by atoms with Crippen molar-refractivity contribution >= 4 is 11.9 Å². The number of amides is 3. The average molecular weight is 375 g/mol. The summed E-state index contributed by atoms with van der Waals surface area (Å²) in [4.78, 5) is 31.6. The molecule has 142 valence electrons. The van der Waals surface area contributed by atoms with Crippen molar-refractivity contribution in [2.75, 3.05) is 0 Å². The fourth-order valence-corrected chi connectivity index (χ4v) is 3.56. The van der Waals surface area contributed by atoms with Gasteiger partial charge in [0.2, 0.25) is 5.89 Å². The van der Waals surface area contributed by atoms with E-state index < -0.39 is 11.6 Å². The lowest BCUT2D eigenvalue weighted by Crippen LogP contribution is -2.43. The Hall–Kier alpha value is -3.41. The predicted octanol–water partition coefficient (Wildman–Crippen LogP) is 4.01. The Labute approximate surface area is 163 Å². The Bertz CT molecular complexity index is 1010. The van der Waals surface area contributed by atoms with Crippen LogP contribution < -0.4 is 5.32 Å². The Kier molecular flexibility index (Phi) is 4.47. The molecule has 1 saturated heterocycles. The van der Waals surface area contributed by atoms with E-state index in [2.05, 4.69) is 10.3 Å². The molecule has 0 radical (unpaired) electrons. The maximum atomic E-state index is 13.2. The van der Waals surface area contributed by atoms with Crippen LogP contribution in [0.1, 0.15) is 30.4 Å². The van der Waals surface area contributed by atoms with Gasteiger partial charge in [-0.2, -0.15) is 0 Å². The van der Waals surface area contributed by atoms with Gasteiger partial charge < -0.3 is 9.73 Å². The molecule has 2 heterocycles. The molecule has 1 unspecified atom stereocenters. The van der Waals surface area contributed by atoms with E-state index in [1.165, 1.54) is 4.90 Å². The second-order valence-electron chi connectivity index (χ2n) is 6.83. The first-order valence-electron chi connectivity index (χ1n) is 9.26. The average Bonchev–Trinajstić information content (AvgIpc) is 3.22. The number of benzene rings is 2. The molecule has 1 atom stereocenters. The fraction of sp³-hybridized carbons (Fsp3) is 0.227. The van der Waals surface area contributed by atoms with Gasteiger partial charge in [-0.05, 0) is 31.0 Å². The highest BCUT2D eigenvalue weighted by molar-refractivity contribution is 6.07. The largest absolute Gasteiger partial charge is 0.441 e. The first-order valence-corrected chi connectivity index (χ1v) is 9.26. The van der Waals surface area contributed by atoms with Crippen LogP contribution in [0.4, 0.5) is 4.79 Å². The van der Waals surface area contributed by atoms with Crippen molar-refractivity contribution < 1.29 is 14.0 Å². The number of carbonyl (C=O) groups is 2. The summed E-state index contributed by atoms with van der Waals surface area (Å²) in [7, 11) is 0. The summed E-state index contributed by atoms with van der Waals surface area (Å²) in [6.07, 6.45) is 0.463. The molecule has 3 aromatic rings. The van der Waals surface area contributed by atoms with Crippen LogP contribution >= 0.6 is 0 Å². The lowest BCUT2D eigenvalue weighted by Gasteiger charge is -2.25. The standard InChI is InChI=1S/C22H21N3O3/c1-3-22(17-12-8-5-9-13-17)20(26)25(21(27)24-22)14-18-15(2)28-19(23-18)16-10-6-4-7-11-16/h4-13H,3,14H2,1-2H3,(H,24,27). The molecule has 1 N–H and O–H groups in total. The zero-order valence-corrected chi connectivity index (χ0v) is 15.8. The van der Waals surface area contributed by atoms with Gasteiger partial charge in [-0.1, -0.05) is 55.5 Å². The van der Waals surface area contributed by atoms with Gasteiger partial charge in [-0.25, -0.2) is 9.78 Å². The molecule has 0 aliphatic carbocycles. The molecule has 6 nitrogen and oxygen atoms in total. The molecule has 0 spiro atoms. The van der Waals surface area contributed by atoms with Crippen LogP contribution in [0.3, 0.4) is 0 Å². The molecular formula is C22H21N3O3. The van der Waals surface area contributed by atoms with Gasteiger partial charge in [0.05, 0.1) is 6.54 Å². The van der Waals surface area contributed by atoms with E-state index >= 15 is 0 Å². The summed E-state index contributed by atoms with van der Waals surface area (Å²) < 4.78 is 5.76. The van der Waals surface area contributed by atoms with Crippen LogP contribution in [0.5, 0.6) is 0 Å². The second-order valence-corrected chi connectivity index (χ2v) is 6.83. The molecule has 28 heavy (non-hydrogen) atoms. The third-order valence-electron chi connectivity index (χ3n) is 5.19. The third-order valence-corrected chi connectivity index (χ3v) is 5.19. The molecular weight excluding hydrogens is 354 g/mol. The molecule has 1 aromatic heterocycles. The second kappa shape index (κ2) is 6.96. The molecule has 2 aromatic carbocycles. The number of nitrogens with one attached hydrogen (secondary N) is 1. The van der Waals surface area contributed by atoms with E-state index in [-0.39, 0.29) is 12.5 Å². The van der Waals surface area contributed by atoms with E-state index in [1.54, 1.807) is 6.92 Å². The monoisotopic (exact) mass is 375 g/mol. The molecule has 6 heteroatoms. The smallest absolute Gasteiger partial charge is 0.325 e. The Morgan fingerprint density at radius 2 is 1.68 bits per heavy atom. The summed E-state index contributed by atoms with van der Waals surface area (Å²) in [5.41, 5.74) is 1.15. The van der Waals surface area contributed by atoms with Crippen molar-refractivity contribution in [1.29, 1.82) is 0 Å². The van der Waals surface area contributed by atoms with Crippen LogP contribution in [0.2, 0.25) is 0 Å². The minimum Gasteiger partial charge on any atom is -0.441 e. The van der Waals surface area contributed by atoms with Crippen LogP contribution in [-0.2, 0) is 16.9 Å². The SMILES string of the molecule is CCC1(c2ccccc2)NC(=O)N(Cc2nc(-c3ccccc3)oc2C)C1=O. The minimum atomic E-state index is -1.04. The Morgan fingerprint density at radius 3 is 2.32 bits per heavy atom. The number of carbonyl (C=O) groups excluding carboxylic acids is 2. The van der Waals surface area contributed by atoms with Crippen LogP contribution in [0.15, 0.2) is 65.1 Å². The first kappa shape index (κ1) is 18.0. The first-order chi connectivity index (χ1) is 13.5. The van der Waals surface area contributed by atoms with Crippen molar-refractivity contribution in [3.8, 4) is 11.5 Å². The summed E-state index contributed by atoms with van der Waals surface area (Å²) in [6, 6.07) is 18.4. The van der Waals surface area contributed by atoms with Crippen molar-refractivity contribution in [1.82, 2.24) is 15.2 Å².